The molecule has 0 unspecified atom stereocenters. The van der Waals surface area contributed by atoms with Gasteiger partial charge in [0.05, 0.1) is 4.92 Å². The van der Waals surface area contributed by atoms with Crippen molar-refractivity contribution < 1.29 is 14.1 Å². The molecule has 4 aromatic rings. The highest BCUT2D eigenvalue weighted by Crippen LogP contribution is 2.29. The molecule has 0 saturated carbocycles. The standard InChI is InChI=1S/C27H23ClN4O4S/c1-3-16(2)18-9-11-24-22(15-18)30-26(36-24)19-5-4-6-20(14-19)29-27(37)31-25(33)12-8-17-7-10-21(28)23(13-17)32(34)35/h4-16H,3H2,1-2H3,(H2,29,31,33,37)/b12-8+/t16-/m1/s1. The molecule has 0 aliphatic carbocycles. The van der Waals surface area contributed by atoms with E-state index in [4.69, 9.17) is 28.2 Å². The summed E-state index contributed by atoms with van der Waals surface area (Å²) in [5, 5.41) is 16.6. The average molecular weight is 535 g/mol. The van der Waals surface area contributed by atoms with Crippen molar-refractivity contribution in [3.05, 3.63) is 93.0 Å². The Bertz CT molecular complexity index is 1530. The number of fused-ring (bicyclic) bond motifs is 1. The molecule has 0 aliphatic heterocycles. The van der Waals surface area contributed by atoms with Crippen LogP contribution in [0.5, 0.6) is 0 Å². The second-order valence-electron chi connectivity index (χ2n) is 8.38. The lowest BCUT2D eigenvalue weighted by atomic mass is 9.98. The first-order valence-corrected chi connectivity index (χ1v) is 12.3. The van der Waals surface area contributed by atoms with Crippen LogP contribution in [-0.4, -0.2) is 20.9 Å². The molecule has 0 bridgehead atoms. The predicted octanol–water partition coefficient (Wildman–Crippen LogP) is 7.10. The van der Waals surface area contributed by atoms with E-state index in [1.165, 1.54) is 29.8 Å². The Morgan fingerprint density at radius 1 is 1.22 bits per heavy atom. The topological polar surface area (TPSA) is 110 Å². The first kappa shape index (κ1) is 26.0. The molecular formula is C27H23ClN4O4S. The number of carbonyl (C=O) groups is 1. The van der Waals surface area contributed by atoms with Gasteiger partial charge in [0.1, 0.15) is 10.5 Å². The highest BCUT2D eigenvalue weighted by atomic mass is 35.5. The molecule has 1 amide bonds. The van der Waals surface area contributed by atoms with Crippen LogP contribution in [0.25, 0.3) is 28.6 Å². The number of nitro groups is 1. The minimum Gasteiger partial charge on any atom is -0.436 e. The number of anilines is 1. The number of nitrogens with one attached hydrogen (secondary N) is 2. The number of hydrogen-bond donors (Lipinski definition) is 2. The van der Waals surface area contributed by atoms with Crippen LogP contribution in [0.4, 0.5) is 11.4 Å². The number of oxazole rings is 1. The fourth-order valence-corrected chi connectivity index (χ4v) is 4.01. The molecule has 10 heteroatoms. The number of carbonyl (C=O) groups excluding carboxylic acids is 1. The second kappa shape index (κ2) is 11.3. The summed E-state index contributed by atoms with van der Waals surface area (Å²) in [7, 11) is 0. The number of thiocarbonyl (C=S) groups is 1. The molecule has 4 rings (SSSR count). The zero-order valence-electron chi connectivity index (χ0n) is 20.0. The number of rotatable bonds is 7. The smallest absolute Gasteiger partial charge is 0.288 e. The van der Waals surface area contributed by atoms with Gasteiger partial charge in [-0.25, -0.2) is 4.98 Å². The van der Waals surface area contributed by atoms with Crippen molar-refractivity contribution in [1.29, 1.82) is 0 Å². The minimum absolute atomic E-state index is 0.0212. The Balaban J connectivity index is 1.42. The van der Waals surface area contributed by atoms with Gasteiger partial charge in [0.2, 0.25) is 11.8 Å². The largest absolute Gasteiger partial charge is 0.436 e. The van der Waals surface area contributed by atoms with E-state index in [1.54, 1.807) is 12.1 Å². The lowest BCUT2D eigenvalue weighted by Gasteiger charge is -2.09. The van der Waals surface area contributed by atoms with E-state index in [0.717, 1.165) is 17.5 Å². The SMILES string of the molecule is CC[C@@H](C)c1ccc2oc(-c3cccc(NC(=S)NC(=O)/C=C/c4ccc(Cl)c([N+](=O)[O-])c4)c3)nc2c1. The molecule has 1 heterocycles. The summed E-state index contributed by atoms with van der Waals surface area (Å²) in [4.78, 5) is 27.4. The van der Waals surface area contributed by atoms with Crippen LogP contribution in [-0.2, 0) is 4.79 Å². The van der Waals surface area contributed by atoms with Crippen molar-refractivity contribution in [3.63, 3.8) is 0 Å². The summed E-state index contributed by atoms with van der Waals surface area (Å²) < 4.78 is 5.95. The quantitative estimate of drug-likeness (QED) is 0.113. The zero-order valence-corrected chi connectivity index (χ0v) is 21.6. The fourth-order valence-electron chi connectivity index (χ4n) is 3.60. The summed E-state index contributed by atoms with van der Waals surface area (Å²) in [6.07, 6.45) is 3.70. The summed E-state index contributed by atoms with van der Waals surface area (Å²) in [6, 6.07) is 17.6. The van der Waals surface area contributed by atoms with Crippen molar-refractivity contribution in [2.45, 2.75) is 26.2 Å². The van der Waals surface area contributed by atoms with Crippen LogP contribution < -0.4 is 10.6 Å². The van der Waals surface area contributed by atoms with Gasteiger partial charge in [0.15, 0.2) is 10.7 Å². The number of nitro benzene ring substituents is 1. The predicted molar refractivity (Wildman–Crippen MR) is 150 cm³/mol. The number of benzene rings is 3. The lowest BCUT2D eigenvalue weighted by molar-refractivity contribution is -0.384. The van der Waals surface area contributed by atoms with Gasteiger partial charge in [-0.3, -0.25) is 20.2 Å². The van der Waals surface area contributed by atoms with Gasteiger partial charge in [-0.2, -0.15) is 0 Å². The van der Waals surface area contributed by atoms with E-state index in [9.17, 15) is 14.9 Å². The van der Waals surface area contributed by atoms with Crippen molar-refractivity contribution in [2.24, 2.45) is 0 Å². The van der Waals surface area contributed by atoms with Gasteiger partial charge in [0, 0.05) is 23.4 Å². The summed E-state index contributed by atoms with van der Waals surface area (Å²) >= 11 is 11.1. The van der Waals surface area contributed by atoms with E-state index in [-0.39, 0.29) is 15.8 Å². The molecule has 0 spiro atoms. The molecule has 0 radical (unpaired) electrons. The summed E-state index contributed by atoms with van der Waals surface area (Å²) in [5.41, 5.74) is 4.33. The van der Waals surface area contributed by atoms with E-state index >= 15 is 0 Å². The number of amides is 1. The van der Waals surface area contributed by atoms with Gasteiger partial charge < -0.3 is 9.73 Å². The Morgan fingerprint density at radius 2 is 2.03 bits per heavy atom. The molecule has 37 heavy (non-hydrogen) atoms. The molecule has 1 atom stereocenters. The molecule has 8 nitrogen and oxygen atoms in total. The van der Waals surface area contributed by atoms with Crippen LogP contribution in [0.3, 0.4) is 0 Å². The minimum atomic E-state index is -0.585. The van der Waals surface area contributed by atoms with Crippen molar-refractivity contribution in [3.8, 4) is 11.5 Å². The van der Waals surface area contributed by atoms with Crippen LogP contribution in [0.2, 0.25) is 5.02 Å². The molecule has 1 aromatic heterocycles. The third-order valence-corrected chi connectivity index (χ3v) is 6.31. The maximum Gasteiger partial charge on any atom is 0.288 e. The fraction of sp³-hybridized carbons (Fsp3) is 0.148. The Kier molecular flexibility index (Phi) is 7.95. The van der Waals surface area contributed by atoms with Crippen molar-refractivity contribution in [1.82, 2.24) is 10.3 Å². The Labute approximate surface area is 223 Å². The van der Waals surface area contributed by atoms with E-state index in [0.29, 0.717) is 28.6 Å². The summed E-state index contributed by atoms with van der Waals surface area (Å²) in [6.45, 7) is 4.33. The van der Waals surface area contributed by atoms with E-state index in [2.05, 4.69) is 41.6 Å². The first-order valence-electron chi connectivity index (χ1n) is 11.5. The number of nitrogens with zero attached hydrogens (tertiary/aromatic N) is 2. The van der Waals surface area contributed by atoms with E-state index < -0.39 is 10.8 Å². The van der Waals surface area contributed by atoms with Gasteiger partial charge in [0.25, 0.3) is 5.69 Å². The third-order valence-electron chi connectivity index (χ3n) is 5.79. The van der Waals surface area contributed by atoms with Gasteiger partial charge in [-0.1, -0.05) is 43.6 Å². The van der Waals surface area contributed by atoms with Crippen LogP contribution in [0.1, 0.15) is 37.3 Å². The Hall–Kier alpha value is -4.08. The second-order valence-corrected chi connectivity index (χ2v) is 9.20. The molecule has 0 fully saturated rings. The molecule has 0 aliphatic rings. The molecule has 2 N–H and O–H groups in total. The maximum absolute atomic E-state index is 12.3. The van der Waals surface area contributed by atoms with Gasteiger partial charge >= 0.3 is 0 Å². The van der Waals surface area contributed by atoms with Crippen LogP contribution >= 0.6 is 23.8 Å². The normalized spacial score (nSPS) is 12.0. The average Bonchev–Trinajstić information content (AvgIpc) is 3.31. The molecule has 3 aromatic carbocycles. The Morgan fingerprint density at radius 3 is 2.78 bits per heavy atom. The van der Waals surface area contributed by atoms with Crippen LogP contribution in [0, 0.1) is 10.1 Å². The molecule has 0 saturated heterocycles. The highest BCUT2D eigenvalue weighted by molar-refractivity contribution is 7.80. The van der Waals surface area contributed by atoms with Crippen molar-refractivity contribution in [2.75, 3.05) is 5.32 Å². The molecular weight excluding hydrogens is 512 g/mol. The van der Waals surface area contributed by atoms with E-state index in [1.807, 2.05) is 24.3 Å². The maximum atomic E-state index is 12.3. The number of hydrogen-bond acceptors (Lipinski definition) is 6. The van der Waals surface area contributed by atoms with Gasteiger partial charge in [-0.05, 0) is 78.2 Å². The number of aromatic nitrogens is 1. The van der Waals surface area contributed by atoms with Gasteiger partial charge in [-0.15, -0.1) is 0 Å². The summed E-state index contributed by atoms with van der Waals surface area (Å²) in [5.74, 6) is 0.421. The third kappa shape index (κ3) is 6.38. The first-order chi connectivity index (χ1) is 17.7. The molecule has 188 valence electrons. The van der Waals surface area contributed by atoms with Crippen molar-refractivity contribution >= 4 is 63.4 Å². The lowest BCUT2D eigenvalue weighted by Crippen LogP contribution is -2.32. The van der Waals surface area contributed by atoms with Crippen LogP contribution in [0.15, 0.2) is 71.2 Å². The number of halogens is 1. The monoisotopic (exact) mass is 534 g/mol. The highest BCUT2D eigenvalue weighted by Gasteiger charge is 2.13. The zero-order chi connectivity index (χ0) is 26.5.